The monoisotopic (exact) mass is 200 g/mol. The van der Waals surface area contributed by atoms with Crippen molar-refractivity contribution < 1.29 is 0 Å². The van der Waals surface area contributed by atoms with Gasteiger partial charge >= 0.3 is 0 Å². The lowest BCUT2D eigenvalue weighted by molar-refractivity contribution is 0.602. The van der Waals surface area contributed by atoms with Gasteiger partial charge in [0.2, 0.25) is 0 Å². The van der Waals surface area contributed by atoms with E-state index in [1.54, 1.807) is 6.20 Å². The molecule has 1 heterocycles. The largest absolute Gasteiger partial charge is 0.324 e. The topological polar surface area (TPSA) is 38.9 Å². The second-order valence-electron chi connectivity index (χ2n) is 3.04. The minimum absolute atomic E-state index is 0. The molecular formula is C10H17ClN2. The highest BCUT2D eigenvalue weighted by Crippen LogP contribution is 2.14. The Morgan fingerprint density at radius 2 is 2.31 bits per heavy atom. The number of nitrogens with zero attached hydrogens (tertiary/aromatic N) is 1. The van der Waals surface area contributed by atoms with Gasteiger partial charge in [-0.1, -0.05) is 25.8 Å². The summed E-state index contributed by atoms with van der Waals surface area (Å²) < 4.78 is 0. The molecule has 0 aliphatic carbocycles. The second-order valence-corrected chi connectivity index (χ2v) is 3.04. The summed E-state index contributed by atoms with van der Waals surface area (Å²) in [7, 11) is 0. The quantitative estimate of drug-likeness (QED) is 0.812. The summed E-state index contributed by atoms with van der Waals surface area (Å²) in [5, 5.41) is 0. The van der Waals surface area contributed by atoms with Crippen LogP contribution in [-0.2, 0) is 0 Å². The van der Waals surface area contributed by atoms with Crippen LogP contribution in [0, 0.1) is 0 Å². The Morgan fingerprint density at radius 3 is 2.85 bits per heavy atom. The van der Waals surface area contributed by atoms with Gasteiger partial charge in [-0.3, -0.25) is 4.98 Å². The van der Waals surface area contributed by atoms with E-state index in [1.165, 1.54) is 12.8 Å². The van der Waals surface area contributed by atoms with Crippen molar-refractivity contribution in [2.24, 2.45) is 5.73 Å². The fourth-order valence-corrected chi connectivity index (χ4v) is 1.19. The number of rotatable bonds is 4. The predicted octanol–water partition coefficient (Wildman–Crippen LogP) is 2.69. The minimum atomic E-state index is 0. The molecule has 1 aromatic heterocycles. The third-order valence-corrected chi connectivity index (χ3v) is 1.98. The molecule has 1 aromatic rings. The van der Waals surface area contributed by atoms with E-state index in [9.17, 15) is 0 Å². The van der Waals surface area contributed by atoms with E-state index in [1.807, 2.05) is 18.3 Å². The van der Waals surface area contributed by atoms with Crippen LogP contribution < -0.4 is 5.73 Å². The van der Waals surface area contributed by atoms with Crippen LogP contribution in [0.5, 0.6) is 0 Å². The Bertz CT molecular complexity index is 213. The zero-order chi connectivity index (χ0) is 8.81. The lowest BCUT2D eigenvalue weighted by Crippen LogP contribution is -2.09. The third kappa shape index (κ3) is 4.25. The lowest BCUT2D eigenvalue weighted by Gasteiger charge is -2.09. The molecule has 74 valence electrons. The summed E-state index contributed by atoms with van der Waals surface area (Å²) in [6.45, 7) is 2.18. The van der Waals surface area contributed by atoms with Crippen LogP contribution in [0.15, 0.2) is 24.5 Å². The molecule has 0 aliphatic rings. The molecule has 0 aliphatic heterocycles. The maximum absolute atomic E-state index is 5.94. The fraction of sp³-hybridized carbons (Fsp3) is 0.500. The third-order valence-electron chi connectivity index (χ3n) is 1.98. The molecule has 13 heavy (non-hydrogen) atoms. The SMILES string of the molecule is CCCC[C@@H](N)c1cccnc1.Cl. The van der Waals surface area contributed by atoms with Gasteiger partial charge in [0.25, 0.3) is 0 Å². The number of hydrogen-bond donors (Lipinski definition) is 1. The van der Waals surface area contributed by atoms with Crippen LogP contribution in [0.25, 0.3) is 0 Å². The molecule has 0 amide bonds. The van der Waals surface area contributed by atoms with E-state index >= 15 is 0 Å². The number of aromatic nitrogens is 1. The maximum atomic E-state index is 5.94. The van der Waals surface area contributed by atoms with Gasteiger partial charge in [-0.05, 0) is 18.1 Å². The van der Waals surface area contributed by atoms with E-state index in [-0.39, 0.29) is 18.4 Å². The first-order chi connectivity index (χ1) is 5.84. The van der Waals surface area contributed by atoms with E-state index < -0.39 is 0 Å². The Labute approximate surface area is 86.0 Å². The van der Waals surface area contributed by atoms with Crippen molar-refractivity contribution in [2.45, 2.75) is 32.2 Å². The van der Waals surface area contributed by atoms with Crippen molar-refractivity contribution in [3.05, 3.63) is 30.1 Å². The Balaban J connectivity index is 0.00000144. The maximum Gasteiger partial charge on any atom is 0.0315 e. The van der Waals surface area contributed by atoms with Gasteiger partial charge in [0, 0.05) is 18.4 Å². The zero-order valence-electron chi connectivity index (χ0n) is 7.94. The van der Waals surface area contributed by atoms with E-state index in [0.717, 1.165) is 12.0 Å². The average Bonchev–Trinajstić information content (AvgIpc) is 2.15. The van der Waals surface area contributed by atoms with E-state index in [2.05, 4.69) is 11.9 Å². The summed E-state index contributed by atoms with van der Waals surface area (Å²) in [6.07, 6.45) is 7.07. The molecule has 2 N–H and O–H groups in total. The minimum Gasteiger partial charge on any atom is -0.324 e. The molecule has 0 saturated heterocycles. The second kappa shape index (κ2) is 6.87. The normalized spacial score (nSPS) is 11.8. The van der Waals surface area contributed by atoms with Gasteiger partial charge in [0.1, 0.15) is 0 Å². The number of unbranched alkanes of at least 4 members (excludes halogenated alkanes) is 1. The fourth-order valence-electron chi connectivity index (χ4n) is 1.19. The molecule has 2 nitrogen and oxygen atoms in total. The van der Waals surface area contributed by atoms with Crippen LogP contribution in [0.4, 0.5) is 0 Å². The summed E-state index contributed by atoms with van der Waals surface area (Å²) in [6, 6.07) is 4.13. The van der Waals surface area contributed by atoms with Crippen LogP contribution in [0.2, 0.25) is 0 Å². The molecule has 0 unspecified atom stereocenters. The number of halogens is 1. The van der Waals surface area contributed by atoms with Crippen molar-refractivity contribution in [1.82, 2.24) is 4.98 Å². The Morgan fingerprint density at radius 1 is 1.54 bits per heavy atom. The Hall–Kier alpha value is -0.600. The van der Waals surface area contributed by atoms with Crippen LogP contribution in [0.1, 0.15) is 37.8 Å². The molecule has 0 fully saturated rings. The molecule has 0 spiro atoms. The van der Waals surface area contributed by atoms with Crippen molar-refractivity contribution in [3.8, 4) is 0 Å². The number of hydrogen-bond acceptors (Lipinski definition) is 2. The molecule has 0 radical (unpaired) electrons. The molecule has 1 atom stereocenters. The van der Waals surface area contributed by atoms with Gasteiger partial charge < -0.3 is 5.73 Å². The van der Waals surface area contributed by atoms with Gasteiger partial charge in [-0.25, -0.2) is 0 Å². The van der Waals surface area contributed by atoms with Gasteiger partial charge in [0.05, 0.1) is 0 Å². The standard InChI is InChI=1S/C10H16N2.ClH/c1-2-3-6-10(11)9-5-4-7-12-8-9;/h4-5,7-8,10H,2-3,6,11H2,1H3;1H/t10-;/m1./s1. The van der Waals surface area contributed by atoms with Gasteiger partial charge in [-0.2, -0.15) is 0 Å². The highest BCUT2D eigenvalue weighted by atomic mass is 35.5. The van der Waals surface area contributed by atoms with Crippen LogP contribution >= 0.6 is 12.4 Å². The lowest BCUT2D eigenvalue weighted by atomic mass is 10.0. The molecule has 0 saturated carbocycles. The van der Waals surface area contributed by atoms with Crippen molar-refractivity contribution in [3.63, 3.8) is 0 Å². The highest BCUT2D eigenvalue weighted by molar-refractivity contribution is 5.85. The predicted molar refractivity (Wildman–Crippen MR) is 57.9 cm³/mol. The van der Waals surface area contributed by atoms with Crippen molar-refractivity contribution >= 4 is 12.4 Å². The first kappa shape index (κ1) is 12.4. The summed E-state index contributed by atoms with van der Waals surface area (Å²) in [5.74, 6) is 0. The van der Waals surface area contributed by atoms with Crippen LogP contribution in [-0.4, -0.2) is 4.98 Å². The molecule has 0 aromatic carbocycles. The van der Waals surface area contributed by atoms with E-state index in [0.29, 0.717) is 0 Å². The molecule has 3 heteroatoms. The van der Waals surface area contributed by atoms with Crippen molar-refractivity contribution in [1.29, 1.82) is 0 Å². The smallest absolute Gasteiger partial charge is 0.0315 e. The zero-order valence-corrected chi connectivity index (χ0v) is 8.76. The summed E-state index contributed by atoms with van der Waals surface area (Å²) in [4.78, 5) is 4.03. The highest BCUT2D eigenvalue weighted by Gasteiger charge is 2.03. The summed E-state index contributed by atoms with van der Waals surface area (Å²) in [5.41, 5.74) is 7.09. The van der Waals surface area contributed by atoms with Crippen molar-refractivity contribution in [2.75, 3.05) is 0 Å². The van der Waals surface area contributed by atoms with Crippen LogP contribution in [0.3, 0.4) is 0 Å². The Kier molecular flexibility index (Phi) is 6.55. The molecular weight excluding hydrogens is 184 g/mol. The molecule has 0 bridgehead atoms. The number of nitrogens with two attached hydrogens (primary N) is 1. The van der Waals surface area contributed by atoms with E-state index in [4.69, 9.17) is 5.73 Å². The van der Waals surface area contributed by atoms with Gasteiger partial charge in [0.15, 0.2) is 0 Å². The summed E-state index contributed by atoms with van der Waals surface area (Å²) >= 11 is 0. The molecule has 1 rings (SSSR count). The first-order valence-corrected chi connectivity index (χ1v) is 4.50. The average molecular weight is 201 g/mol. The number of pyridine rings is 1. The first-order valence-electron chi connectivity index (χ1n) is 4.50. The van der Waals surface area contributed by atoms with Gasteiger partial charge in [-0.15, -0.1) is 12.4 Å².